The van der Waals surface area contributed by atoms with Gasteiger partial charge < -0.3 is 14.2 Å². The van der Waals surface area contributed by atoms with E-state index in [2.05, 4.69) is 32.9 Å². The Labute approximate surface area is 443 Å². The molecule has 71 heavy (non-hydrogen) atoms. The highest BCUT2D eigenvalue weighted by Gasteiger charge is 2.19. The summed E-state index contributed by atoms with van der Waals surface area (Å²) in [5.41, 5.74) is 0. The van der Waals surface area contributed by atoms with Gasteiger partial charge in [-0.2, -0.15) is 0 Å². The van der Waals surface area contributed by atoms with Crippen LogP contribution in [0.25, 0.3) is 0 Å². The second kappa shape index (κ2) is 60.7. The minimum absolute atomic E-state index is 0.0665. The van der Waals surface area contributed by atoms with Crippen LogP contribution < -0.4 is 0 Å². The largest absolute Gasteiger partial charge is 0.462 e. The van der Waals surface area contributed by atoms with E-state index in [0.717, 1.165) is 70.6 Å². The van der Waals surface area contributed by atoms with Gasteiger partial charge in [-0.1, -0.05) is 322 Å². The van der Waals surface area contributed by atoms with E-state index in [9.17, 15) is 14.4 Å². The minimum atomic E-state index is -0.767. The highest BCUT2D eigenvalue weighted by Crippen LogP contribution is 2.18. The molecule has 0 aromatic carbocycles. The van der Waals surface area contributed by atoms with Gasteiger partial charge in [0.15, 0.2) is 6.10 Å². The molecule has 0 aliphatic rings. The monoisotopic (exact) mass is 1000 g/mol. The lowest BCUT2D eigenvalue weighted by atomic mass is 10.0. The molecular weight excluding hydrogens is 877 g/mol. The first kappa shape index (κ1) is 69.2. The Balaban J connectivity index is 4.07. The second-order valence-corrected chi connectivity index (χ2v) is 22.0. The fourth-order valence-electron chi connectivity index (χ4n) is 9.92. The molecule has 0 saturated heterocycles. The van der Waals surface area contributed by atoms with Crippen LogP contribution in [0.2, 0.25) is 0 Å². The van der Waals surface area contributed by atoms with Gasteiger partial charge in [0, 0.05) is 19.3 Å². The van der Waals surface area contributed by atoms with E-state index in [1.54, 1.807) is 0 Å². The van der Waals surface area contributed by atoms with Crippen LogP contribution in [0.15, 0.2) is 12.2 Å². The van der Waals surface area contributed by atoms with Crippen LogP contribution in [0.4, 0.5) is 0 Å². The minimum Gasteiger partial charge on any atom is -0.462 e. The van der Waals surface area contributed by atoms with E-state index in [-0.39, 0.29) is 31.1 Å². The molecule has 0 aromatic heterocycles. The zero-order chi connectivity index (χ0) is 51.4. The van der Waals surface area contributed by atoms with Crippen LogP contribution in [-0.2, 0) is 28.6 Å². The van der Waals surface area contributed by atoms with Crippen LogP contribution in [-0.4, -0.2) is 37.2 Å². The van der Waals surface area contributed by atoms with Crippen molar-refractivity contribution in [3.8, 4) is 0 Å². The van der Waals surface area contributed by atoms with E-state index in [0.29, 0.717) is 19.3 Å². The Morgan fingerprint density at radius 1 is 0.268 bits per heavy atom. The number of unbranched alkanes of at least 4 members (excludes halogenated alkanes) is 47. The lowest BCUT2D eigenvalue weighted by Gasteiger charge is -2.18. The fraction of sp³-hybridized carbons (Fsp3) is 0.923. The number of ether oxygens (including phenoxy) is 3. The van der Waals surface area contributed by atoms with Gasteiger partial charge in [-0.25, -0.2) is 0 Å². The number of carbonyl (C=O) groups excluding carboxylic acids is 3. The van der Waals surface area contributed by atoms with Crippen molar-refractivity contribution in [2.45, 2.75) is 374 Å². The lowest BCUT2D eigenvalue weighted by molar-refractivity contribution is -0.167. The van der Waals surface area contributed by atoms with Crippen molar-refractivity contribution in [2.75, 3.05) is 13.2 Å². The molecule has 1 unspecified atom stereocenters. The van der Waals surface area contributed by atoms with Gasteiger partial charge >= 0.3 is 17.9 Å². The Kier molecular flexibility index (Phi) is 59.1. The summed E-state index contributed by atoms with van der Waals surface area (Å²) in [6.45, 7) is 6.64. The summed E-state index contributed by atoms with van der Waals surface area (Å²) in [7, 11) is 0. The number of allylic oxidation sites excluding steroid dienone is 2. The molecule has 0 aliphatic heterocycles. The van der Waals surface area contributed by atoms with Crippen molar-refractivity contribution in [2.24, 2.45) is 0 Å². The molecule has 0 N–H and O–H groups in total. The van der Waals surface area contributed by atoms with Gasteiger partial charge in [0.05, 0.1) is 0 Å². The maximum atomic E-state index is 12.8. The van der Waals surface area contributed by atoms with Crippen LogP contribution in [0.5, 0.6) is 0 Å². The predicted octanol–water partition coefficient (Wildman–Crippen LogP) is 21.7. The van der Waals surface area contributed by atoms with Gasteiger partial charge in [-0.05, 0) is 38.5 Å². The Morgan fingerprint density at radius 2 is 0.493 bits per heavy atom. The molecule has 0 aromatic rings. The maximum Gasteiger partial charge on any atom is 0.306 e. The first-order valence-corrected chi connectivity index (χ1v) is 32.2. The Morgan fingerprint density at radius 3 is 0.761 bits per heavy atom. The van der Waals surface area contributed by atoms with Gasteiger partial charge in [0.2, 0.25) is 0 Å². The molecule has 1 atom stereocenters. The third kappa shape index (κ3) is 58.9. The SMILES string of the molecule is CCC/C=C\CCCCCCCC(=O)OCC(COC(=O)CCCCCCCCCCCCCCCCCCCCCCCCCCCCCC)OC(=O)CCCCCCCCCCCCCCCCC. The molecule has 0 aliphatic carbocycles. The zero-order valence-corrected chi connectivity index (χ0v) is 48.3. The van der Waals surface area contributed by atoms with E-state index < -0.39 is 6.10 Å². The second-order valence-electron chi connectivity index (χ2n) is 22.0. The molecule has 0 saturated carbocycles. The fourth-order valence-corrected chi connectivity index (χ4v) is 9.92. The molecule has 0 amide bonds. The molecular formula is C65H124O6. The highest BCUT2D eigenvalue weighted by molar-refractivity contribution is 5.71. The summed E-state index contributed by atoms with van der Waals surface area (Å²) in [6, 6.07) is 0. The van der Waals surface area contributed by atoms with E-state index in [1.807, 2.05) is 0 Å². The molecule has 6 heteroatoms. The third-order valence-electron chi connectivity index (χ3n) is 14.8. The average molecular weight is 1000 g/mol. The zero-order valence-electron chi connectivity index (χ0n) is 48.3. The van der Waals surface area contributed by atoms with Gasteiger partial charge in [0.1, 0.15) is 13.2 Å². The standard InChI is InChI=1S/C65H124O6/c1-4-7-10-13-16-19-22-24-26-27-28-29-30-31-32-33-34-35-36-37-38-40-41-43-46-49-52-55-58-64(67)70-61-62(60-69-63(66)57-54-51-48-45-21-18-15-12-9-6-3)71-65(68)59-56-53-50-47-44-42-39-25-23-20-17-14-11-8-5-2/h12,15,62H,4-11,13-14,16-61H2,1-3H3/b15-12-. The summed E-state index contributed by atoms with van der Waals surface area (Å²) < 4.78 is 16.9. The first-order chi connectivity index (χ1) is 35.0. The van der Waals surface area contributed by atoms with Gasteiger partial charge in [-0.15, -0.1) is 0 Å². The summed E-state index contributed by atoms with van der Waals surface area (Å²) in [6.07, 6.45) is 71.0. The Bertz CT molecular complexity index is 1100. The van der Waals surface area contributed by atoms with Crippen LogP contribution in [0.1, 0.15) is 367 Å². The van der Waals surface area contributed by atoms with E-state index in [4.69, 9.17) is 14.2 Å². The van der Waals surface area contributed by atoms with Crippen LogP contribution in [0.3, 0.4) is 0 Å². The van der Waals surface area contributed by atoms with Gasteiger partial charge in [-0.3, -0.25) is 14.4 Å². The smallest absolute Gasteiger partial charge is 0.306 e. The summed E-state index contributed by atoms with van der Waals surface area (Å²) in [4.78, 5) is 38.1. The molecule has 0 heterocycles. The molecule has 0 rings (SSSR count). The number of hydrogen-bond acceptors (Lipinski definition) is 6. The predicted molar refractivity (Wildman–Crippen MR) is 307 cm³/mol. The quantitative estimate of drug-likeness (QED) is 0.0261. The van der Waals surface area contributed by atoms with E-state index >= 15 is 0 Å². The lowest BCUT2D eigenvalue weighted by Crippen LogP contribution is -2.30. The maximum absolute atomic E-state index is 12.8. The molecule has 0 bridgehead atoms. The van der Waals surface area contributed by atoms with Crippen molar-refractivity contribution in [3.05, 3.63) is 12.2 Å². The number of esters is 3. The molecule has 420 valence electrons. The highest BCUT2D eigenvalue weighted by atomic mass is 16.6. The van der Waals surface area contributed by atoms with Crippen molar-refractivity contribution >= 4 is 17.9 Å². The number of hydrogen-bond donors (Lipinski definition) is 0. The van der Waals surface area contributed by atoms with Crippen molar-refractivity contribution in [3.63, 3.8) is 0 Å². The Hall–Kier alpha value is -1.85. The first-order valence-electron chi connectivity index (χ1n) is 32.2. The molecule has 0 fully saturated rings. The molecule has 6 nitrogen and oxygen atoms in total. The van der Waals surface area contributed by atoms with Crippen LogP contribution >= 0.6 is 0 Å². The number of carbonyl (C=O) groups is 3. The normalized spacial score (nSPS) is 12.0. The van der Waals surface area contributed by atoms with Crippen molar-refractivity contribution < 1.29 is 28.6 Å². The van der Waals surface area contributed by atoms with E-state index in [1.165, 1.54) is 257 Å². The molecule has 0 radical (unpaired) electrons. The third-order valence-corrected chi connectivity index (χ3v) is 14.8. The summed E-state index contributed by atoms with van der Waals surface area (Å²) in [5.74, 6) is -0.851. The average Bonchev–Trinajstić information content (AvgIpc) is 3.37. The summed E-state index contributed by atoms with van der Waals surface area (Å²) in [5, 5.41) is 0. The topological polar surface area (TPSA) is 78.9 Å². The molecule has 0 spiro atoms. The van der Waals surface area contributed by atoms with Gasteiger partial charge in [0.25, 0.3) is 0 Å². The summed E-state index contributed by atoms with van der Waals surface area (Å²) >= 11 is 0. The van der Waals surface area contributed by atoms with Crippen LogP contribution in [0, 0.1) is 0 Å². The van der Waals surface area contributed by atoms with Crippen molar-refractivity contribution in [1.82, 2.24) is 0 Å². The number of rotatable bonds is 60. The van der Waals surface area contributed by atoms with Crippen molar-refractivity contribution in [1.29, 1.82) is 0 Å².